The van der Waals surface area contributed by atoms with Crippen LogP contribution in [0, 0.1) is 0 Å². The van der Waals surface area contributed by atoms with Crippen molar-refractivity contribution in [2.45, 2.75) is 0 Å². The number of nitrogens with zero attached hydrogens (tertiary/aromatic N) is 5. The van der Waals surface area contributed by atoms with Crippen molar-refractivity contribution >= 4 is 22.6 Å². The second-order valence-corrected chi connectivity index (χ2v) is 3.80. The van der Waals surface area contributed by atoms with Gasteiger partial charge >= 0.3 is 0 Å². The van der Waals surface area contributed by atoms with Crippen molar-refractivity contribution in [2.75, 3.05) is 19.0 Å². The summed E-state index contributed by atoms with van der Waals surface area (Å²) in [6.07, 6.45) is 3.52. The van der Waals surface area contributed by atoms with Gasteiger partial charge in [0.15, 0.2) is 17.0 Å². The molecule has 3 heterocycles. The lowest BCUT2D eigenvalue weighted by atomic mass is 10.4. The van der Waals surface area contributed by atoms with Gasteiger partial charge in [0.2, 0.25) is 0 Å². The van der Waals surface area contributed by atoms with Crippen LogP contribution in [0.15, 0.2) is 30.7 Å². The van der Waals surface area contributed by atoms with Crippen LogP contribution in [0.5, 0.6) is 0 Å². The van der Waals surface area contributed by atoms with E-state index in [1.54, 1.807) is 6.33 Å². The maximum atomic E-state index is 4.53. The van der Waals surface area contributed by atoms with Crippen molar-refractivity contribution < 1.29 is 0 Å². The third-order valence-electron chi connectivity index (χ3n) is 2.50. The molecule has 0 atom stereocenters. The van der Waals surface area contributed by atoms with Crippen molar-refractivity contribution in [3.05, 3.63) is 30.7 Å². The van der Waals surface area contributed by atoms with Crippen LogP contribution < -0.4 is 4.90 Å². The third kappa shape index (κ3) is 1.14. The predicted octanol–water partition coefficient (Wildman–Crippen LogP) is 1.34. The molecule has 0 spiro atoms. The van der Waals surface area contributed by atoms with Crippen LogP contribution >= 0.6 is 0 Å². The predicted molar refractivity (Wildman–Crippen MR) is 62.6 cm³/mol. The lowest BCUT2D eigenvalue weighted by Gasteiger charge is -2.09. The first kappa shape index (κ1) is 9.08. The molecule has 0 aliphatic heterocycles. The zero-order valence-electron chi connectivity index (χ0n) is 9.12. The average Bonchev–Trinajstić information content (AvgIpc) is 2.67. The highest BCUT2D eigenvalue weighted by atomic mass is 15.2. The van der Waals surface area contributed by atoms with Gasteiger partial charge in [-0.15, -0.1) is 0 Å². The van der Waals surface area contributed by atoms with Crippen LogP contribution in [0.2, 0.25) is 0 Å². The Kier molecular flexibility index (Phi) is 1.80. The van der Waals surface area contributed by atoms with Crippen LogP contribution in [0.1, 0.15) is 0 Å². The molecule has 3 aromatic rings. The summed E-state index contributed by atoms with van der Waals surface area (Å²) in [6, 6.07) is 5.89. The number of aromatic nitrogens is 4. The number of fused-ring (bicyclic) bond motifs is 3. The van der Waals surface area contributed by atoms with Crippen LogP contribution in [0.3, 0.4) is 0 Å². The molecule has 16 heavy (non-hydrogen) atoms. The lowest BCUT2D eigenvalue weighted by Crippen LogP contribution is -2.11. The fourth-order valence-electron chi connectivity index (χ4n) is 1.78. The fourth-order valence-corrected chi connectivity index (χ4v) is 1.78. The molecule has 0 aliphatic carbocycles. The molecule has 0 amide bonds. The van der Waals surface area contributed by atoms with Crippen molar-refractivity contribution in [1.29, 1.82) is 0 Å². The van der Waals surface area contributed by atoms with E-state index in [0.717, 1.165) is 22.6 Å². The van der Waals surface area contributed by atoms with E-state index in [1.165, 1.54) is 0 Å². The Hall–Kier alpha value is -2.17. The Morgan fingerprint density at radius 3 is 2.88 bits per heavy atom. The number of rotatable bonds is 1. The molecule has 0 N–H and O–H groups in total. The van der Waals surface area contributed by atoms with Crippen LogP contribution in [0.4, 0.5) is 5.82 Å². The van der Waals surface area contributed by atoms with Gasteiger partial charge in [-0.2, -0.15) is 0 Å². The summed E-state index contributed by atoms with van der Waals surface area (Å²) in [5.41, 5.74) is 2.56. The average molecular weight is 213 g/mol. The molecule has 5 nitrogen and oxygen atoms in total. The van der Waals surface area contributed by atoms with Gasteiger partial charge in [-0.05, 0) is 12.1 Å². The lowest BCUT2D eigenvalue weighted by molar-refractivity contribution is 1.05. The van der Waals surface area contributed by atoms with E-state index in [1.807, 2.05) is 47.8 Å². The van der Waals surface area contributed by atoms with E-state index in [2.05, 4.69) is 15.0 Å². The number of anilines is 1. The normalized spacial score (nSPS) is 11.1. The van der Waals surface area contributed by atoms with Gasteiger partial charge in [-0.3, -0.25) is 4.40 Å². The molecule has 5 heteroatoms. The summed E-state index contributed by atoms with van der Waals surface area (Å²) in [6.45, 7) is 0. The van der Waals surface area contributed by atoms with Gasteiger partial charge in [0, 0.05) is 20.3 Å². The maximum absolute atomic E-state index is 4.53. The van der Waals surface area contributed by atoms with E-state index >= 15 is 0 Å². The highest BCUT2D eigenvalue weighted by Gasteiger charge is 2.11. The molecule has 0 unspecified atom stereocenters. The largest absolute Gasteiger partial charge is 0.361 e. The van der Waals surface area contributed by atoms with Crippen LogP contribution in [0.25, 0.3) is 16.8 Å². The standard InChI is InChI=1S/C11H11N5/c1-15(2)10-9-11(13-7-12-10)16-6-4-3-5-8(16)14-9/h3-7H,1-2H3. The molecular formula is C11H11N5. The van der Waals surface area contributed by atoms with Gasteiger partial charge in [-0.1, -0.05) is 6.07 Å². The first-order valence-electron chi connectivity index (χ1n) is 5.02. The summed E-state index contributed by atoms with van der Waals surface area (Å²) in [7, 11) is 3.90. The minimum Gasteiger partial charge on any atom is -0.361 e. The van der Waals surface area contributed by atoms with Gasteiger partial charge in [0.1, 0.15) is 12.0 Å². The summed E-state index contributed by atoms with van der Waals surface area (Å²) in [4.78, 5) is 15.0. The first-order valence-corrected chi connectivity index (χ1v) is 5.02. The summed E-state index contributed by atoms with van der Waals surface area (Å²) in [5.74, 6) is 0.841. The van der Waals surface area contributed by atoms with E-state index in [0.29, 0.717) is 0 Å². The minimum atomic E-state index is 0.832. The maximum Gasteiger partial charge on any atom is 0.170 e. The first-order chi connectivity index (χ1) is 7.77. The van der Waals surface area contributed by atoms with E-state index in [4.69, 9.17) is 0 Å². The monoisotopic (exact) mass is 213 g/mol. The number of hydrogen-bond donors (Lipinski definition) is 0. The fraction of sp³-hybridized carbons (Fsp3) is 0.182. The zero-order chi connectivity index (χ0) is 11.1. The van der Waals surface area contributed by atoms with Crippen molar-refractivity contribution in [1.82, 2.24) is 19.4 Å². The van der Waals surface area contributed by atoms with Crippen LogP contribution in [-0.4, -0.2) is 33.4 Å². The van der Waals surface area contributed by atoms with Crippen molar-refractivity contribution in [3.63, 3.8) is 0 Å². The molecule has 0 aromatic carbocycles. The summed E-state index contributed by atoms with van der Waals surface area (Å²) in [5, 5.41) is 0. The van der Waals surface area contributed by atoms with Gasteiger partial charge in [0.05, 0.1) is 0 Å². The molecule has 0 radical (unpaired) electrons. The van der Waals surface area contributed by atoms with Gasteiger partial charge in [-0.25, -0.2) is 15.0 Å². The quantitative estimate of drug-likeness (QED) is 0.612. The topological polar surface area (TPSA) is 46.3 Å². The Labute approximate surface area is 92.4 Å². The number of hydrogen-bond acceptors (Lipinski definition) is 4. The summed E-state index contributed by atoms with van der Waals surface area (Å²) < 4.78 is 1.96. The van der Waals surface area contributed by atoms with Crippen molar-refractivity contribution in [3.8, 4) is 0 Å². The van der Waals surface area contributed by atoms with E-state index in [-0.39, 0.29) is 0 Å². The second-order valence-electron chi connectivity index (χ2n) is 3.80. The molecule has 0 aliphatic rings. The minimum absolute atomic E-state index is 0.832. The molecule has 0 fully saturated rings. The number of imidazole rings is 1. The van der Waals surface area contributed by atoms with Gasteiger partial charge in [0.25, 0.3) is 0 Å². The Morgan fingerprint density at radius 2 is 2.06 bits per heavy atom. The second kappa shape index (κ2) is 3.16. The smallest absolute Gasteiger partial charge is 0.170 e. The SMILES string of the molecule is CN(C)c1ncnc2c1nc1ccccn12. The Bertz CT molecular complexity index is 656. The molecular weight excluding hydrogens is 202 g/mol. The molecule has 0 bridgehead atoms. The van der Waals surface area contributed by atoms with E-state index < -0.39 is 0 Å². The molecule has 3 aromatic heterocycles. The van der Waals surface area contributed by atoms with Gasteiger partial charge < -0.3 is 4.90 Å². The third-order valence-corrected chi connectivity index (χ3v) is 2.50. The Morgan fingerprint density at radius 1 is 1.19 bits per heavy atom. The summed E-state index contributed by atoms with van der Waals surface area (Å²) >= 11 is 0. The highest BCUT2D eigenvalue weighted by molar-refractivity contribution is 5.86. The molecule has 80 valence electrons. The van der Waals surface area contributed by atoms with E-state index in [9.17, 15) is 0 Å². The van der Waals surface area contributed by atoms with Crippen LogP contribution in [-0.2, 0) is 0 Å². The number of pyridine rings is 1. The van der Waals surface area contributed by atoms with Crippen molar-refractivity contribution in [2.24, 2.45) is 0 Å². The zero-order valence-corrected chi connectivity index (χ0v) is 9.12. The Balaban J connectivity index is 2.49. The molecule has 0 saturated carbocycles. The molecule has 3 rings (SSSR count). The highest BCUT2D eigenvalue weighted by Crippen LogP contribution is 2.21. The molecule has 0 saturated heterocycles.